The second-order valence-electron chi connectivity index (χ2n) is 5.69. The molecule has 0 saturated heterocycles. The van der Waals surface area contributed by atoms with Crippen molar-refractivity contribution in [2.24, 2.45) is 10.8 Å². The van der Waals surface area contributed by atoms with Gasteiger partial charge in [-0.2, -0.15) is 0 Å². The summed E-state index contributed by atoms with van der Waals surface area (Å²) in [5.74, 6) is 0. The molecule has 0 amide bonds. The fourth-order valence-corrected chi connectivity index (χ4v) is 1.24. The first kappa shape index (κ1) is 13.0. The van der Waals surface area contributed by atoms with Gasteiger partial charge in [-0.05, 0) is 37.3 Å². The standard InChI is InChI=1S/C12H27N/c1-11(2,3)12(4,5)9-7-8-10-13-6/h13H,7-10H2,1-6H3. The molecule has 13 heavy (non-hydrogen) atoms. The fraction of sp³-hybridized carbons (Fsp3) is 1.00. The minimum Gasteiger partial charge on any atom is -0.320 e. The van der Waals surface area contributed by atoms with E-state index in [1.54, 1.807) is 0 Å². The van der Waals surface area contributed by atoms with E-state index < -0.39 is 0 Å². The first-order valence-corrected chi connectivity index (χ1v) is 5.46. The minimum atomic E-state index is 0.423. The maximum Gasteiger partial charge on any atom is -0.00519 e. The molecule has 0 atom stereocenters. The number of hydrogen-bond acceptors (Lipinski definition) is 1. The molecule has 0 aromatic rings. The molecule has 1 nitrogen and oxygen atoms in total. The molecular formula is C12H27N. The van der Waals surface area contributed by atoms with Gasteiger partial charge in [0.1, 0.15) is 0 Å². The first-order valence-electron chi connectivity index (χ1n) is 5.46. The van der Waals surface area contributed by atoms with Crippen LogP contribution in [0.5, 0.6) is 0 Å². The van der Waals surface area contributed by atoms with E-state index in [0.717, 1.165) is 6.54 Å². The van der Waals surface area contributed by atoms with Crippen LogP contribution >= 0.6 is 0 Å². The van der Waals surface area contributed by atoms with Crippen LogP contribution in [0.2, 0.25) is 0 Å². The summed E-state index contributed by atoms with van der Waals surface area (Å²) in [5.41, 5.74) is 0.882. The summed E-state index contributed by atoms with van der Waals surface area (Å²) < 4.78 is 0. The average Bonchev–Trinajstić information content (AvgIpc) is 1.96. The van der Waals surface area contributed by atoms with Gasteiger partial charge < -0.3 is 5.32 Å². The normalized spacial score (nSPS) is 13.4. The SMILES string of the molecule is CNCCCCC(C)(C)C(C)(C)C. The summed E-state index contributed by atoms with van der Waals surface area (Å²) in [6.45, 7) is 12.9. The lowest BCUT2D eigenvalue weighted by atomic mass is 9.67. The Morgan fingerprint density at radius 2 is 1.46 bits per heavy atom. The van der Waals surface area contributed by atoms with E-state index in [1.807, 2.05) is 7.05 Å². The van der Waals surface area contributed by atoms with Crippen LogP contribution in [0.3, 0.4) is 0 Å². The predicted octanol–water partition coefficient (Wildman–Crippen LogP) is 3.45. The molecule has 0 rings (SSSR count). The molecule has 0 radical (unpaired) electrons. The molecule has 0 unspecified atom stereocenters. The third-order valence-corrected chi connectivity index (χ3v) is 3.51. The molecule has 0 heterocycles. The molecule has 0 aliphatic rings. The molecule has 0 bridgehead atoms. The highest BCUT2D eigenvalue weighted by molar-refractivity contribution is 4.82. The van der Waals surface area contributed by atoms with Gasteiger partial charge in [-0.1, -0.05) is 41.0 Å². The van der Waals surface area contributed by atoms with Gasteiger partial charge in [0.2, 0.25) is 0 Å². The second-order valence-corrected chi connectivity index (χ2v) is 5.69. The highest BCUT2D eigenvalue weighted by atomic mass is 14.8. The molecule has 0 fully saturated rings. The maximum absolute atomic E-state index is 3.19. The summed E-state index contributed by atoms with van der Waals surface area (Å²) in [7, 11) is 2.02. The Labute approximate surface area is 84.3 Å². The molecule has 1 heteroatoms. The van der Waals surface area contributed by atoms with Crippen LogP contribution in [-0.4, -0.2) is 13.6 Å². The van der Waals surface area contributed by atoms with E-state index in [0.29, 0.717) is 10.8 Å². The van der Waals surface area contributed by atoms with E-state index >= 15 is 0 Å². The molecule has 0 aliphatic heterocycles. The summed E-state index contributed by atoms with van der Waals surface area (Å²) >= 11 is 0. The highest BCUT2D eigenvalue weighted by Crippen LogP contribution is 2.41. The van der Waals surface area contributed by atoms with Gasteiger partial charge in [0, 0.05) is 0 Å². The van der Waals surface area contributed by atoms with Gasteiger partial charge in [0.15, 0.2) is 0 Å². The molecule has 0 aromatic carbocycles. The van der Waals surface area contributed by atoms with Crippen molar-refractivity contribution < 1.29 is 0 Å². The van der Waals surface area contributed by atoms with Crippen LogP contribution in [0.4, 0.5) is 0 Å². The zero-order valence-electron chi connectivity index (χ0n) is 10.3. The Bertz CT molecular complexity index is 131. The van der Waals surface area contributed by atoms with E-state index in [1.165, 1.54) is 19.3 Å². The van der Waals surface area contributed by atoms with Gasteiger partial charge in [-0.15, -0.1) is 0 Å². The fourth-order valence-electron chi connectivity index (χ4n) is 1.24. The Morgan fingerprint density at radius 3 is 1.85 bits per heavy atom. The molecule has 1 N–H and O–H groups in total. The van der Waals surface area contributed by atoms with Crippen LogP contribution in [-0.2, 0) is 0 Å². The van der Waals surface area contributed by atoms with Gasteiger partial charge in [-0.3, -0.25) is 0 Å². The van der Waals surface area contributed by atoms with Gasteiger partial charge >= 0.3 is 0 Å². The second kappa shape index (κ2) is 4.99. The third-order valence-electron chi connectivity index (χ3n) is 3.51. The Balaban J connectivity index is 3.77. The lowest BCUT2D eigenvalue weighted by Crippen LogP contribution is -2.29. The number of rotatable bonds is 5. The van der Waals surface area contributed by atoms with Crippen molar-refractivity contribution in [3.05, 3.63) is 0 Å². The number of nitrogens with one attached hydrogen (secondary N) is 1. The van der Waals surface area contributed by atoms with Gasteiger partial charge in [0.25, 0.3) is 0 Å². The van der Waals surface area contributed by atoms with E-state index in [4.69, 9.17) is 0 Å². The van der Waals surface area contributed by atoms with E-state index in [-0.39, 0.29) is 0 Å². The van der Waals surface area contributed by atoms with Crippen LogP contribution in [0, 0.1) is 10.8 Å². The average molecular weight is 185 g/mol. The van der Waals surface area contributed by atoms with Crippen molar-refractivity contribution in [1.29, 1.82) is 0 Å². The highest BCUT2D eigenvalue weighted by Gasteiger charge is 2.31. The predicted molar refractivity (Wildman–Crippen MR) is 61.0 cm³/mol. The van der Waals surface area contributed by atoms with Crippen LogP contribution < -0.4 is 5.32 Å². The topological polar surface area (TPSA) is 12.0 Å². The Morgan fingerprint density at radius 1 is 0.923 bits per heavy atom. The Hall–Kier alpha value is -0.0400. The maximum atomic E-state index is 3.19. The summed E-state index contributed by atoms with van der Waals surface area (Å²) in [6, 6.07) is 0. The molecule has 0 aromatic heterocycles. The van der Waals surface area contributed by atoms with Crippen molar-refractivity contribution in [1.82, 2.24) is 5.32 Å². The van der Waals surface area contributed by atoms with Gasteiger partial charge in [0.05, 0.1) is 0 Å². The smallest absolute Gasteiger partial charge is 0.00519 e. The minimum absolute atomic E-state index is 0.423. The van der Waals surface area contributed by atoms with Crippen LogP contribution in [0.25, 0.3) is 0 Å². The Kier molecular flexibility index (Phi) is 4.98. The lowest BCUT2D eigenvalue weighted by molar-refractivity contribution is 0.116. The number of hydrogen-bond donors (Lipinski definition) is 1. The number of unbranched alkanes of at least 4 members (excludes halogenated alkanes) is 1. The largest absolute Gasteiger partial charge is 0.320 e. The van der Waals surface area contributed by atoms with E-state index in [9.17, 15) is 0 Å². The summed E-state index contributed by atoms with van der Waals surface area (Å²) in [4.78, 5) is 0. The van der Waals surface area contributed by atoms with Crippen molar-refractivity contribution >= 4 is 0 Å². The zero-order valence-corrected chi connectivity index (χ0v) is 10.3. The first-order chi connectivity index (χ1) is 5.81. The van der Waals surface area contributed by atoms with Crippen molar-refractivity contribution in [2.75, 3.05) is 13.6 Å². The third kappa shape index (κ3) is 4.66. The summed E-state index contributed by atoms with van der Waals surface area (Å²) in [5, 5.41) is 3.19. The molecular weight excluding hydrogens is 158 g/mol. The molecule has 0 spiro atoms. The van der Waals surface area contributed by atoms with Crippen molar-refractivity contribution in [3.8, 4) is 0 Å². The molecule has 0 saturated carbocycles. The van der Waals surface area contributed by atoms with Crippen LogP contribution in [0.15, 0.2) is 0 Å². The lowest BCUT2D eigenvalue weighted by Gasteiger charge is -2.39. The zero-order chi connectivity index (χ0) is 10.5. The molecule has 0 aliphatic carbocycles. The van der Waals surface area contributed by atoms with Crippen molar-refractivity contribution in [3.63, 3.8) is 0 Å². The monoisotopic (exact) mass is 185 g/mol. The summed E-state index contributed by atoms with van der Waals surface area (Å²) in [6.07, 6.45) is 3.97. The quantitative estimate of drug-likeness (QED) is 0.647. The molecule has 80 valence electrons. The van der Waals surface area contributed by atoms with Gasteiger partial charge in [-0.25, -0.2) is 0 Å². The van der Waals surface area contributed by atoms with E-state index in [2.05, 4.69) is 39.9 Å². The van der Waals surface area contributed by atoms with Crippen LogP contribution in [0.1, 0.15) is 53.9 Å². The van der Waals surface area contributed by atoms with Crippen molar-refractivity contribution in [2.45, 2.75) is 53.9 Å².